The third-order valence-corrected chi connectivity index (χ3v) is 8.73. The predicted molar refractivity (Wildman–Crippen MR) is 154 cm³/mol. The van der Waals surface area contributed by atoms with Crippen LogP contribution in [-0.2, 0) is 37.0 Å². The van der Waals surface area contributed by atoms with Gasteiger partial charge < -0.3 is 14.3 Å². The first-order valence-corrected chi connectivity index (χ1v) is 14.9. The number of aromatic nitrogens is 6. The van der Waals surface area contributed by atoms with Crippen LogP contribution in [0.4, 0.5) is 4.39 Å². The summed E-state index contributed by atoms with van der Waals surface area (Å²) in [5.74, 6) is -4.32. The van der Waals surface area contributed by atoms with E-state index >= 15 is 4.39 Å². The number of hydrogen-bond acceptors (Lipinski definition) is 12. The zero-order chi connectivity index (χ0) is 33.4. The molecule has 5 heterocycles. The minimum Gasteiger partial charge on any atom is -0.543 e. The molecule has 1 fully saturated rings. The van der Waals surface area contributed by atoms with E-state index in [1.807, 2.05) is 0 Å². The van der Waals surface area contributed by atoms with Gasteiger partial charge in [-0.05, 0) is 34.2 Å². The second kappa shape index (κ2) is 12.6. The minimum atomic E-state index is -1.53. The van der Waals surface area contributed by atoms with Gasteiger partial charge in [0.15, 0.2) is 31.3 Å². The Bertz CT molecular complexity index is 1980. The molecule has 0 bridgehead atoms. The van der Waals surface area contributed by atoms with Crippen LogP contribution in [0.3, 0.4) is 0 Å². The molecule has 2 aliphatic heterocycles. The van der Waals surface area contributed by atoms with E-state index in [9.17, 15) is 29.1 Å². The van der Waals surface area contributed by atoms with Gasteiger partial charge in [-0.2, -0.15) is 0 Å². The van der Waals surface area contributed by atoms with E-state index in [1.165, 1.54) is 44.1 Å². The van der Waals surface area contributed by atoms with Gasteiger partial charge in [-0.3, -0.25) is 24.1 Å². The Labute approximate surface area is 267 Å². The molecule has 242 valence electrons. The topological polar surface area (TPSA) is 202 Å². The number of tetrazole rings is 1. The number of benzene rings is 1. The Morgan fingerprint density at radius 1 is 1.23 bits per heavy atom. The fourth-order valence-corrected chi connectivity index (χ4v) is 6.77. The Morgan fingerprint density at radius 3 is 2.64 bits per heavy atom. The standard InChI is InChI=1S/C28H24FN9O8S/c1-15(39)38(36-14-30-32-33-36)24-25(41)37-23(27(42)43)17(13-47-26(24)37)11-34-7-5-16(6-8-34)20-4-3-18(9-21(20)29)35-12-19(46-28(35)44)10-22(40)31-45-2/h3-9,12,14,24,26H,10-11,13H2,1-2H3,(H-,31,40,42,43)/t24-,26+/m1/s1. The molecular weight excluding hydrogens is 641 g/mol. The number of carboxylic acids is 1. The number of amides is 3. The number of fused-ring (bicyclic) bond motifs is 1. The van der Waals surface area contributed by atoms with Gasteiger partial charge in [-0.15, -0.1) is 21.7 Å². The fraction of sp³-hybridized carbons (Fsp3) is 0.250. The maximum absolute atomic E-state index is 15.2. The summed E-state index contributed by atoms with van der Waals surface area (Å²) in [4.78, 5) is 68.5. The molecule has 0 unspecified atom stereocenters. The summed E-state index contributed by atoms with van der Waals surface area (Å²) in [5.41, 5.74) is 3.17. The molecule has 4 aromatic rings. The molecule has 0 radical (unpaired) electrons. The number of nitrogens with one attached hydrogen (secondary N) is 1. The van der Waals surface area contributed by atoms with Crippen molar-refractivity contribution in [1.29, 1.82) is 0 Å². The highest BCUT2D eigenvalue weighted by Crippen LogP contribution is 2.42. The Morgan fingerprint density at radius 2 is 2.00 bits per heavy atom. The average molecular weight is 666 g/mol. The largest absolute Gasteiger partial charge is 0.543 e. The molecular formula is C28H24FN9O8S. The molecule has 1 N–H and O–H groups in total. The smallest absolute Gasteiger partial charge is 0.423 e. The second-order valence-corrected chi connectivity index (χ2v) is 11.5. The highest BCUT2D eigenvalue weighted by Gasteiger charge is 2.56. The van der Waals surface area contributed by atoms with Crippen LogP contribution in [0, 0.1) is 5.82 Å². The van der Waals surface area contributed by atoms with E-state index in [0.29, 0.717) is 11.1 Å². The Balaban J connectivity index is 1.19. The number of carbonyl (C=O) groups excluding carboxylic acids is 4. The molecule has 19 heteroatoms. The molecule has 0 aliphatic carbocycles. The number of carbonyl (C=O) groups is 4. The van der Waals surface area contributed by atoms with Crippen molar-refractivity contribution in [3.63, 3.8) is 0 Å². The van der Waals surface area contributed by atoms with E-state index in [1.54, 1.807) is 29.1 Å². The van der Waals surface area contributed by atoms with E-state index < -0.39 is 46.7 Å². The van der Waals surface area contributed by atoms with Crippen molar-refractivity contribution >= 4 is 35.5 Å². The summed E-state index contributed by atoms with van der Waals surface area (Å²) in [6.45, 7) is 1.34. The number of thioether (sulfide) groups is 1. The molecule has 6 rings (SSSR count). The lowest BCUT2D eigenvalue weighted by Gasteiger charge is -2.52. The number of β-lactam (4-membered cyclic amide) rings is 1. The quantitative estimate of drug-likeness (QED) is 0.113. The van der Waals surface area contributed by atoms with E-state index in [2.05, 4.69) is 25.8 Å². The monoisotopic (exact) mass is 665 g/mol. The average Bonchev–Trinajstić information content (AvgIpc) is 3.69. The van der Waals surface area contributed by atoms with E-state index in [4.69, 9.17) is 4.42 Å². The number of hydrogen-bond donors (Lipinski definition) is 1. The lowest BCUT2D eigenvalue weighted by atomic mass is 10.0. The predicted octanol–water partition coefficient (Wildman–Crippen LogP) is -1.80. The van der Waals surface area contributed by atoms with Gasteiger partial charge in [-0.25, -0.2) is 28.8 Å². The molecule has 1 saturated heterocycles. The molecule has 17 nitrogen and oxygen atoms in total. The van der Waals surface area contributed by atoms with E-state index in [-0.39, 0.29) is 41.4 Å². The van der Waals surface area contributed by atoms with Crippen molar-refractivity contribution < 1.29 is 42.5 Å². The summed E-state index contributed by atoms with van der Waals surface area (Å²) in [6, 6.07) is 6.42. The van der Waals surface area contributed by atoms with Crippen LogP contribution in [0.2, 0.25) is 0 Å². The van der Waals surface area contributed by atoms with Crippen LogP contribution in [0.5, 0.6) is 0 Å². The molecule has 2 aliphatic rings. The number of nitrogens with zero attached hydrogens (tertiary/aromatic N) is 8. The highest BCUT2D eigenvalue weighted by molar-refractivity contribution is 8.00. The summed E-state index contributed by atoms with van der Waals surface area (Å²) in [5, 5.41) is 23.3. The fourth-order valence-electron chi connectivity index (χ4n) is 5.39. The van der Waals surface area contributed by atoms with Gasteiger partial charge in [0.05, 0.1) is 37.1 Å². The lowest BCUT2D eigenvalue weighted by molar-refractivity contribution is -0.689. The van der Waals surface area contributed by atoms with Crippen LogP contribution in [-0.4, -0.2) is 77.8 Å². The first-order valence-electron chi connectivity index (χ1n) is 13.8. The Kier molecular flexibility index (Phi) is 8.39. The van der Waals surface area contributed by atoms with Crippen LogP contribution in [0.15, 0.2) is 75.7 Å². The van der Waals surface area contributed by atoms with Crippen LogP contribution in [0.1, 0.15) is 12.7 Å². The molecule has 3 amide bonds. The summed E-state index contributed by atoms with van der Waals surface area (Å²) < 4.78 is 23.1. The number of pyridine rings is 1. The lowest BCUT2D eigenvalue weighted by Crippen LogP contribution is -2.74. The van der Waals surface area contributed by atoms with Gasteiger partial charge in [0.1, 0.15) is 17.0 Å². The number of rotatable bonds is 10. The number of halogens is 1. The summed E-state index contributed by atoms with van der Waals surface area (Å²) in [6.07, 6.45) is 5.47. The normalized spacial score (nSPS) is 17.3. The highest BCUT2D eigenvalue weighted by atomic mass is 32.2. The van der Waals surface area contributed by atoms with Crippen molar-refractivity contribution in [2.24, 2.45) is 0 Å². The molecule has 0 saturated carbocycles. The summed E-state index contributed by atoms with van der Waals surface area (Å²) in [7, 11) is 1.27. The molecule has 3 aromatic heterocycles. The van der Waals surface area contributed by atoms with Gasteiger partial charge in [0.2, 0.25) is 5.91 Å². The van der Waals surface area contributed by atoms with Crippen molar-refractivity contribution in [1.82, 2.24) is 35.3 Å². The zero-order valence-corrected chi connectivity index (χ0v) is 25.4. The summed E-state index contributed by atoms with van der Waals surface area (Å²) >= 11 is 1.29. The van der Waals surface area contributed by atoms with Crippen LogP contribution >= 0.6 is 11.8 Å². The van der Waals surface area contributed by atoms with Gasteiger partial charge in [-0.1, -0.05) is 0 Å². The number of oxazole rings is 1. The Hall–Kier alpha value is -5.69. The second-order valence-electron chi connectivity index (χ2n) is 10.4. The third-order valence-electron chi connectivity index (χ3n) is 7.40. The zero-order valence-electron chi connectivity index (χ0n) is 24.6. The molecule has 1 aromatic carbocycles. The van der Waals surface area contributed by atoms with Crippen LogP contribution in [0.25, 0.3) is 16.8 Å². The van der Waals surface area contributed by atoms with Gasteiger partial charge >= 0.3 is 5.76 Å². The van der Waals surface area contributed by atoms with Crippen molar-refractivity contribution in [2.45, 2.75) is 31.3 Å². The van der Waals surface area contributed by atoms with Crippen molar-refractivity contribution in [3.05, 3.63) is 88.6 Å². The minimum absolute atomic E-state index is 0.0612. The van der Waals surface area contributed by atoms with Crippen molar-refractivity contribution in [3.8, 4) is 16.8 Å². The molecule has 2 atom stereocenters. The molecule has 47 heavy (non-hydrogen) atoms. The number of aliphatic carboxylic acids is 1. The molecule has 0 spiro atoms. The SMILES string of the molecule is CONC(=O)Cc1cn(-c2ccc(-c3cc[n+](CC4=C(C(=O)[O-])N5C(=O)[C@@H](N(C(C)=O)n6cnnn6)[C@@H]5SC4)cc3)c(F)c2)c(=O)o1. The van der Waals surface area contributed by atoms with Crippen molar-refractivity contribution in [2.75, 3.05) is 17.9 Å². The number of carboxylic acid groups (broad SMARTS) is 1. The third kappa shape index (κ3) is 5.88. The van der Waals surface area contributed by atoms with Gasteiger partial charge in [0.25, 0.3) is 11.8 Å². The van der Waals surface area contributed by atoms with E-state index in [0.717, 1.165) is 31.7 Å². The maximum atomic E-state index is 15.2. The first-order chi connectivity index (χ1) is 22.6. The first kappa shape index (κ1) is 31.3. The van der Waals surface area contributed by atoms with Crippen LogP contribution < -0.4 is 25.9 Å². The maximum Gasteiger partial charge on any atom is 0.423 e. The van der Waals surface area contributed by atoms with Gasteiger partial charge in [0, 0.05) is 35.9 Å². The number of hydroxylamine groups is 1.